The molecule has 0 aliphatic carbocycles. The van der Waals surface area contributed by atoms with Gasteiger partial charge in [-0.1, -0.05) is 41.7 Å². The topological polar surface area (TPSA) is 50.5 Å². The van der Waals surface area contributed by atoms with Gasteiger partial charge in [-0.15, -0.1) is 0 Å². The van der Waals surface area contributed by atoms with Crippen LogP contribution >= 0.6 is 11.3 Å². The van der Waals surface area contributed by atoms with E-state index >= 15 is 0 Å². The molecule has 1 aliphatic heterocycles. The lowest BCUT2D eigenvalue weighted by Crippen LogP contribution is -2.39. The summed E-state index contributed by atoms with van der Waals surface area (Å²) < 4.78 is 1.68. The molecule has 4 rings (SSSR count). The molecule has 0 radical (unpaired) electrons. The second kappa shape index (κ2) is 6.36. The summed E-state index contributed by atoms with van der Waals surface area (Å²) in [6.45, 7) is 3.51. The van der Waals surface area contributed by atoms with Gasteiger partial charge in [0.15, 0.2) is 5.69 Å². The normalized spacial score (nSPS) is 16.0. The van der Waals surface area contributed by atoms with Gasteiger partial charge in [0.25, 0.3) is 5.91 Å². The van der Waals surface area contributed by atoms with Crippen molar-refractivity contribution in [1.82, 2.24) is 19.5 Å². The molecule has 1 saturated heterocycles. The first-order valence-corrected chi connectivity index (χ1v) is 9.22. The minimum atomic E-state index is 0.0593. The van der Waals surface area contributed by atoms with E-state index in [4.69, 9.17) is 0 Å². The van der Waals surface area contributed by atoms with E-state index in [1.165, 1.54) is 16.9 Å². The summed E-state index contributed by atoms with van der Waals surface area (Å²) >= 11 is 1.46. The van der Waals surface area contributed by atoms with E-state index < -0.39 is 0 Å². The Kier molecular flexibility index (Phi) is 4.06. The van der Waals surface area contributed by atoms with Crippen molar-refractivity contribution in [2.24, 2.45) is 5.92 Å². The number of aromatic nitrogens is 3. The lowest BCUT2D eigenvalue weighted by atomic mass is 9.90. The number of hydrogen-bond donors (Lipinski definition) is 0. The smallest absolute Gasteiger partial charge is 0.274 e. The van der Waals surface area contributed by atoms with Crippen LogP contribution in [-0.4, -0.2) is 38.5 Å². The van der Waals surface area contributed by atoms with E-state index in [1.54, 1.807) is 10.0 Å². The molecule has 0 atom stereocenters. The van der Waals surface area contributed by atoms with Gasteiger partial charge in [0.1, 0.15) is 5.51 Å². The summed E-state index contributed by atoms with van der Waals surface area (Å²) in [7, 11) is 0. The lowest BCUT2D eigenvalue weighted by Gasteiger charge is -2.32. The number of nitrogens with zero attached hydrogens (tertiary/aromatic N) is 4. The van der Waals surface area contributed by atoms with Crippen LogP contribution < -0.4 is 0 Å². The molecule has 124 valence electrons. The van der Waals surface area contributed by atoms with Gasteiger partial charge in [-0.3, -0.25) is 4.79 Å². The standard InChI is InChI=1S/C18H20N4OS/c1-13-16(22-18(20-13)24-12-19-22)17(23)21-9-7-15(8-10-21)11-14-5-3-2-4-6-14/h2-6,12,15H,7-11H2,1H3. The van der Waals surface area contributed by atoms with E-state index in [1.807, 2.05) is 11.8 Å². The van der Waals surface area contributed by atoms with Gasteiger partial charge in [-0.2, -0.15) is 9.61 Å². The van der Waals surface area contributed by atoms with Gasteiger partial charge < -0.3 is 4.90 Å². The van der Waals surface area contributed by atoms with Crippen molar-refractivity contribution in [3.8, 4) is 0 Å². The fraction of sp³-hybridized carbons (Fsp3) is 0.389. The first-order chi connectivity index (χ1) is 11.7. The average Bonchev–Trinajstić information content (AvgIpc) is 3.16. The van der Waals surface area contributed by atoms with Gasteiger partial charge in [0.2, 0.25) is 4.96 Å². The number of carbonyl (C=O) groups is 1. The van der Waals surface area contributed by atoms with Gasteiger partial charge in [-0.25, -0.2) is 4.98 Å². The number of imidazole rings is 1. The fourth-order valence-electron chi connectivity index (χ4n) is 3.48. The predicted octanol–water partition coefficient (Wildman–Crippen LogP) is 3.19. The molecule has 5 nitrogen and oxygen atoms in total. The number of likely N-dealkylation sites (tertiary alicyclic amines) is 1. The minimum absolute atomic E-state index is 0.0593. The summed E-state index contributed by atoms with van der Waals surface area (Å²) in [5.74, 6) is 0.714. The first-order valence-electron chi connectivity index (χ1n) is 8.34. The second-order valence-corrected chi connectivity index (χ2v) is 7.22. The van der Waals surface area contributed by atoms with Gasteiger partial charge in [-0.05, 0) is 37.7 Å². The van der Waals surface area contributed by atoms with Crippen LogP contribution in [0.4, 0.5) is 0 Å². The van der Waals surface area contributed by atoms with Crippen LogP contribution in [0.3, 0.4) is 0 Å². The van der Waals surface area contributed by atoms with Gasteiger partial charge in [0.05, 0.1) is 5.69 Å². The fourth-order valence-corrected chi connectivity index (χ4v) is 4.14. The molecule has 1 amide bonds. The predicted molar refractivity (Wildman–Crippen MR) is 94.4 cm³/mol. The van der Waals surface area contributed by atoms with Crippen molar-refractivity contribution in [3.05, 3.63) is 52.8 Å². The number of hydrogen-bond acceptors (Lipinski definition) is 4. The highest BCUT2D eigenvalue weighted by Gasteiger charge is 2.27. The molecule has 24 heavy (non-hydrogen) atoms. The van der Waals surface area contributed by atoms with Gasteiger partial charge in [0, 0.05) is 13.1 Å². The van der Waals surface area contributed by atoms with E-state index in [-0.39, 0.29) is 5.91 Å². The molecule has 1 aromatic carbocycles. The molecular formula is C18H20N4OS. The number of benzene rings is 1. The maximum atomic E-state index is 12.9. The van der Waals surface area contributed by atoms with Crippen LogP contribution in [-0.2, 0) is 6.42 Å². The molecule has 0 unspecified atom stereocenters. The number of rotatable bonds is 3. The lowest BCUT2D eigenvalue weighted by molar-refractivity contribution is 0.0681. The van der Waals surface area contributed by atoms with Gasteiger partial charge >= 0.3 is 0 Å². The SMILES string of the molecule is Cc1nc2scnn2c1C(=O)N1CCC(Cc2ccccc2)CC1. The quantitative estimate of drug-likeness (QED) is 0.736. The van der Waals surface area contributed by atoms with Crippen molar-refractivity contribution in [1.29, 1.82) is 0 Å². The van der Waals surface area contributed by atoms with Crippen molar-refractivity contribution in [2.45, 2.75) is 26.2 Å². The maximum absolute atomic E-state index is 12.9. The first kappa shape index (κ1) is 15.3. The van der Waals surface area contributed by atoms with Crippen LogP contribution in [0, 0.1) is 12.8 Å². The zero-order chi connectivity index (χ0) is 16.5. The average molecular weight is 340 g/mol. The monoisotopic (exact) mass is 340 g/mol. The Balaban J connectivity index is 1.43. The second-order valence-electron chi connectivity index (χ2n) is 6.40. The van der Waals surface area contributed by atoms with Crippen LogP contribution in [0.15, 0.2) is 35.8 Å². The Hall–Kier alpha value is -2.21. The Morgan fingerprint density at radius 3 is 2.75 bits per heavy atom. The zero-order valence-corrected chi connectivity index (χ0v) is 14.5. The van der Waals surface area contributed by atoms with E-state index in [0.29, 0.717) is 11.6 Å². The molecule has 0 saturated carbocycles. The highest BCUT2D eigenvalue weighted by Crippen LogP contribution is 2.24. The van der Waals surface area contributed by atoms with E-state index in [2.05, 4.69) is 40.4 Å². The van der Waals surface area contributed by atoms with Crippen LogP contribution in [0.5, 0.6) is 0 Å². The summed E-state index contributed by atoms with van der Waals surface area (Å²) in [4.78, 5) is 20.1. The highest BCUT2D eigenvalue weighted by atomic mass is 32.1. The van der Waals surface area contributed by atoms with E-state index in [9.17, 15) is 4.79 Å². The Bertz CT molecular complexity index is 846. The summed E-state index contributed by atoms with van der Waals surface area (Å²) in [5, 5.41) is 4.25. The number of aryl methyl sites for hydroxylation is 1. The molecule has 1 fully saturated rings. The third-order valence-corrected chi connectivity index (χ3v) is 5.47. The van der Waals surface area contributed by atoms with Crippen LogP contribution in [0.1, 0.15) is 34.6 Å². The zero-order valence-electron chi connectivity index (χ0n) is 13.7. The van der Waals surface area contributed by atoms with Crippen molar-refractivity contribution < 1.29 is 4.79 Å². The van der Waals surface area contributed by atoms with Crippen LogP contribution in [0.2, 0.25) is 0 Å². The molecule has 6 heteroatoms. The molecule has 0 spiro atoms. The molecule has 0 N–H and O–H groups in total. The highest BCUT2D eigenvalue weighted by molar-refractivity contribution is 7.14. The Morgan fingerprint density at radius 2 is 2.00 bits per heavy atom. The largest absolute Gasteiger partial charge is 0.337 e. The number of piperidine rings is 1. The number of carbonyl (C=O) groups excluding carboxylic acids is 1. The van der Waals surface area contributed by atoms with Crippen molar-refractivity contribution >= 4 is 22.2 Å². The molecular weight excluding hydrogens is 320 g/mol. The Morgan fingerprint density at radius 1 is 1.25 bits per heavy atom. The van der Waals surface area contributed by atoms with E-state index in [0.717, 1.165) is 43.0 Å². The number of fused-ring (bicyclic) bond motifs is 1. The number of amides is 1. The Labute approximate surface area is 144 Å². The summed E-state index contributed by atoms with van der Waals surface area (Å²) in [6, 6.07) is 10.6. The third-order valence-electron chi connectivity index (χ3n) is 4.79. The van der Waals surface area contributed by atoms with Crippen molar-refractivity contribution in [3.63, 3.8) is 0 Å². The molecule has 1 aliphatic rings. The minimum Gasteiger partial charge on any atom is -0.337 e. The van der Waals surface area contributed by atoms with Crippen LogP contribution in [0.25, 0.3) is 4.96 Å². The summed E-state index contributed by atoms with van der Waals surface area (Å²) in [6.07, 6.45) is 3.21. The molecule has 0 bridgehead atoms. The molecule has 3 aromatic rings. The summed E-state index contributed by atoms with van der Waals surface area (Å²) in [5.41, 5.74) is 4.50. The molecule has 3 heterocycles. The third kappa shape index (κ3) is 2.82. The maximum Gasteiger partial charge on any atom is 0.274 e. The van der Waals surface area contributed by atoms with Crippen molar-refractivity contribution in [2.75, 3.05) is 13.1 Å². The molecule has 2 aromatic heterocycles.